The first-order valence-electron chi connectivity index (χ1n) is 12.2. The van der Waals surface area contributed by atoms with E-state index in [1.807, 2.05) is 0 Å². The van der Waals surface area contributed by atoms with Crippen LogP contribution in [-0.2, 0) is 20.2 Å². The van der Waals surface area contributed by atoms with Gasteiger partial charge in [0.25, 0.3) is 0 Å². The number of rotatable bonds is 8. The monoisotopic (exact) mass is 580 g/mol. The Kier molecular flexibility index (Phi) is 8.17. The molecule has 4 aromatic carbocycles. The van der Waals surface area contributed by atoms with E-state index in [-0.39, 0.29) is 32.7 Å². The third kappa shape index (κ3) is 6.44. The van der Waals surface area contributed by atoms with Crippen molar-refractivity contribution in [2.75, 3.05) is 10.6 Å². The third-order valence-electron chi connectivity index (χ3n) is 5.95. The highest BCUT2D eigenvalue weighted by atomic mass is 32.2. The van der Waals surface area contributed by atoms with Crippen molar-refractivity contribution in [3.05, 3.63) is 107 Å². The summed E-state index contributed by atoms with van der Waals surface area (Å²) >= 11 is 0. The van der Waals surface area contributed by atoms with E-state index in [1.54, 1.807) is 82.3 Å². The maximum absolute atomic E-state index is 13.1. The Hall–Kier alpha value is -4.35. The van der Waals surface area contributed by atoms with E-state index in [9.17, 15) is 21.6 Å². The molecule has 4 aromatic rings. The summed E-state index contributed by atoms with van der Waals surface area (Å²) in [4.78, 5) is 12.9. The van der Waals surface area contributed by atoms with E-state index in [4.69, 9.17) is 8.37 Å². The molecule has 40 heavy (non-hydrogen) atoms. The lowest BCUT2D eigenvalue weighted by molar-refractivity contribution is 0.262. The smallest absolute Gasteiger partial charge is 0.339 e. The number of urea groups is 1. The molecule has 0 aliphatic carbocycles. The fraction of sp³-hybridized carbons (Fsp3) is 0.138. The molecule has 0 aliphatic rings. The lowest BCUT2D eigenvalue weighted by atomic mass is 10.2. The number of amides is 2. The summed E-state index contributed by atoms with van der Waals surface area (Å²) in [5.74, 6) is -0.0686. The highest BCUT2D eigenvalue weighted by Crippen LogP contribution is 2.30. The number of para-hydroxylation sites is 2. The maximum atomic E-state index is 13.1. The van der Waals surface area contributed by atoms with Gasteiger partial charge in [0, 0.05) is 11.8 Å². The van der Waals surface area contributed by atoms with Gasteiger partial charge in [-0.15, -0.1) is 0 Å². The second-order valence-corrected chi connectivity index (χ2v) is 12.1. The molecular formula is C29H28N2O7S2. The Balaban J connectivity index is 1.50. The van der Waals surface area contributed by atoms with Crippen molar-refractivity contribution in [3.63, 3.8) is 0 Å². The van der Waals surface area contributed by atoms with Gasteiger partial charge in [0.05, 0.1) is 5.69 Å². The standard InChI is InChI=1S/C29H28N2O7S2/c1-19-10-7-11-20(2)27(19)39(33,34)37-24-15-9-14-23(18-24)30-29(32)31-25-16-5-6-17-26(25)38-40(35,36)28-21(3)12-8-13-22(28)4/h5-18H,1-4H3,(H2,30,31,32). The molecule has 0 spiro atoms. The van der Waals surface area contributed by atoms with E-state index in [2.05, 4.69) is 10.6 Å². The van der Waals surface area contributed by atoms with Crippen LogP contribution in [0.25, 0.3) is 0 Å². The van der Waals surface area contributed by atoms with Crippen LogP contribution in [0.1, 0.15) is 22.3 Å². The largest absolute Gasteiger partial charge is 0.379 e. The number of aryl methyl sites for hydroxylation is 4. The van der Waals surface area contributed by atoms with Crippen molar-refractivity contribution < 1.29 is 30.0 Å². The predicted molar refractivity (Wildman–Crippen MR) is 153 cm³/mol. The molecule has 0 fully saturated rings. The second kappa shape index (κ2) is 11.4. The summed E-state index contributed by atoms with van der Waals surface area (Å²) in [6, 6.07) is 21.5. The minimum Gasteiger partial charge on any atom is -0.379 e. The van der Waals surface area contributed by atoms with Gasteiger partial charge in [0.2, 0.25) is 0 Å². The number of carbonyl (C=O) groups is 1. The Morgan fingerprint density at radius 1 is 0.600 bits per heavy atom. The van der Waals surface area contributed by atoms with E-state index < -0.39 is 26.3 Å². The Morgan fingerprint density at radius 2 is 1.10 bits per heavy atom. The molecule has 0 saturated heterocycles. The van der Waals surface area contributed by atoms with E-state index in [1.165, 1.54) is 30.3 Å². The highest BCUT2D eigenvalue weighted by molar-refractivity contribution is 7.87. The molecule has 11 heteroatoms. The summed E-state index contributed by atoms with van der Waals surface area (Å²) in [6.45, 7) is 6.71. The molecule has 0 heterocycles. The SMILES string of the molecule is Cc1cccc(C)c1S(=O)(=O)Oc1cccc(NC(=O)Nc2ccccc2OS(=O)(=O)c2c(C)cccc2C)c1. The number of anilines is 2. The van der Waals surface area contributed by atoms with Crippen LogP contribution in [0.15, 0.2) is 94.7 Å². The molecule has 0 aliphatic heterocycles. The minimum absolute atomic E-state index is 0.00359. The van der Waals surface area contributed by atoms with Crippen molar-refractivity contribution in [1.29, 1.82) is 0 Å². The number of benzene rings is 4. The second-order valence-electron chi connectivity index (χ2n) is 9.12. The fourth-order valence-electron chi connectivity index (χ4n) is 4.27. The van der Waals surface area contributed by atoms with Crippen LogP contribution in [0.2, 0.25) is 0 Å². The normalized spacial score (nSPS) is 11.5. The summed E-state index contributed by atoms with van der Waals surface area (Å²) < 4.78 is 62.7. The Labute approximate surface area is 234 Å². The lowest BCUT2D eigenvalue weighted by Gasteiger charge is -2.15. The molecule has 0 bridgehead atoms. The molecule has 208 valence electrons. The maximum Gasteiger partial charge on any atom is 0.339 e. The van der Waals surface area contributed by atoms with Gasteiger partial charge in [-0.05, 0) is 74.2 Å². The molecule has 0 atom stereocenters. The number of hydrogen-bond acceptors (Lipinski definition) is 7. The topological polar surface area (TPSA) is 128 Å². The van der Waals surface area contributed by atoms with Gasteiger partial charge in [0.1, 0.15) is 15.5 Å². The molecule has 0 radical (unpaired) electrons. The van der Waals surface area contributed by atoms with Gasteiger partial charge in [-0.1, -0.05) is 54.6 Å². The molecule has 2 N–H and O–H groups in total. The number of nitrogens with one attached hydrogen (secondary N) is 2. The average Bonchev–Trinajstić information content (AvgIpc) is 2.84. The predicted octanol–water partition coefficient (Wildman–Crippen LogP) is 6.10. The van der Waals surface area contributed by atoms with Gasteiger partial charge in [-0.25, -0.2) is 4.79 Å². The van der Waals surface area contributed by atoms with Crippen molar-refractivity contribution in [3.8, 4) is 11.5 Å². The minimum atomic E-state index is -4.19. The van der Waals surface area contributed by atoms with Crippen LogP contribution in [-0.4, -0.2) is 22.9 Å². The van der Waals surface area contributed by atoms with Crippen molar-refractivity contribution in [1.82, 2.24) is 0 Å². The summed E-state index contributed by atoms with van der Waals surface area (Å²) in [6.07, 6.45) is 0. The first kappa shape index (κ1) is 28.7. The molecular weight excluding hydrogens is 552 g/mol. The Morgan fingerprint density at radius 3 is 1.68 bits per heavy atom. The van der Waals surface area contributed by atoms with Crippen LogP contribution in [0.3, 0.4) is 0 Å². The molecule has 2 amide bonds. The molecule has 0 unspecified atom stereocenters. The van der Waals surface area contributed by atoms with E-state index in [0.29, 0.717) is 22.3 Å². The molecule has 0 saturated carbocycles. The van der Waals surface area contributed by atoms with Crippen LogP contribution in [0.5, 0.6) is 11.5 Å². The first-order valence-corrected chi connectivity index (χ1v) is 15.0. The highest BCUT2D eigenvalue weighted by Gasteiger charge is 2.24. The van der Waals surface area contributed by atoms with Crippen LogP contribution in [0.4, 0.5) is 16.2 Å². The van der Waals surface area contributed by atoms with Gasteiger partial charge >= 0.3 is 26.3 Å². The van der Waals surface area contributed by atoms with Crippen LogP contribution >= 0.6 is 0 Å². The number of hydrogen-bond donors (Lipinski definition) is 2. The zero-order valence-corrected chi connectivity index (χ0v) is 23.9. The van der Waals surface area contributed by atoms with Gasteiger partial charge < -0.3 is 19.0 Å². The zero-order chi connectivity index (χ0) is 29.1. The zero-order valence-electron chi connectivity index (χ0n) is 22.3. The summed E-state index contributed by atoms with van der Waals surface area (Å²) in [5, 5.41) is 5.16. The van der Waals surface area contributed by atoms with Crippen molar-refractivity contribution in [2.45, 2.75) is 37.5 Å². The lowest BCUT2D eigenvalue weighted by Crippen LogP contribution is -2.21. The number of carbonyl (C=O) groups excluding carboxylic acids is 1. The average molecular weight is 581 g/mol. The first-order chi connectivity index (χ1) is 18.9. The van der Waals surface area contributed by atoms with Crippen LogP contribution < -0.4 is 19.0 Å². The summed E-state index contributed by atoms with van der Waals surface area (Å²) in [5.41, 5.74) is 2.52. The summed E-state index contributed by atoms with van der Waals surface area (Å²) in [7, 11) is -8.31. The third-order valence-corrected chi connectivity index (χ3v) is 9.05. The Bertz CT molecular complexity index is 1760. The van der Waals surface area contributed by atoms with Gasteiger partial charge in [-0.3, -0.25) is 0 Å². The quantitative estimate of drug-likeness (QED) is 0.241. The molecule has 4 rings (SSSR count). The fourth-order valence-corrected chi connectivity index (χ4v) is 7.02. The molecule has 9 nitrogen and oxygen atoms in total. The van der Waals surface area contributed by atoms with E-state index in [0.717, 1.165) is 0 Å². The van der Waals surface area contributed by atoms with Crippen LogP contribution in [0, 0.1) is 27.7 Å². The van der Waals surface area contributed by atoms with Gasteiger partial charge in [-0.2, -0.15) is 16.8 Å². The van der Waals surface area contributed by atoms with Crippen molar-refractivity contribution in [2.24, 2.45) is 0 Å². The molecule has 0 aromatic heterocycles. The van der Waals surface area contributed by atoms with Crippen molar-refractivity contribution >= 4 is 37.6 Å². The van der Waals surface area contributed by atoms with E-state index >= 15 is 0 Å². The van der Waals surface area contributed by atoms with Gasteiger partial charge in [0.15, 0.2) is 5.75 Å².